The number of aliphatic hydroxyl groups excluding tert-OH is 1. The van der Waals surface area contributed by atoms with Gasteiger partial charge >= 0.3 is 24.2 Å². The van der Waals surface area contributed by atoms with E-state index in [9.17, 15) is 53.1 Å². The number of methoxy groups -OCH3 is 2. The number of nitrogens with one attached hydrogen (secondary N) is 3. The predicted molar refractivity (Wildman–Crippen MR) is 324 cm³/mol. The molecule has 2 saturated heterocycles. The molecule has 3 aliphatic rings. The van der Waals surface area contributed by atoms with E-state index in [0.29, 0.717) is 42.0 Å². The summed E-state index contributed by atoms with van der Waals surface area (Å²) in [6, 6.07) is 9.20. The van der Waals surface area contributed by atoms with Crippen molar-refractivity contribution in [3.63, 3.8) is 0 Å². The summed E-state index contributed by atoms with van der Waals surface area (Å²) in [5.74, 6) is -6.24. The Morgan fingerprint density at radius 3 is 2.07 bits per heavy atom. The molecule has 90 heavy (non-hydrogen) atoms. The van der Waals surface area contributed by atoms with Gasteiger partial charge in [-0.05, 0) is 66.9 Å². The maximum atomic E-state index is 14.8. The summed E-state index contributed by atoms with van der Waals surface area (Å²) in [4.78, 5) is 145. The van der Waals surface area contributed by atoms with Crippen LogP contribution in [0, 0.1) is 23.7 Å². The molecule has 0 radical (unpaired) electrons. The number of imide groups is 1. The second kappa shape index (κ2) is 35.0. The minimum absolute atomic E-state index is 0.0224. The van der Waals surface area contributed by atoms with Crippen LogP contribution in [-0.4, -0.2) is 212 Å². The number of hydrogen-bond donors (Lipinski definition) is 4. The predicted octanol–water partition coefficient (Wildman–Crippen LogP) is 4.64. The lowest BCUT2D eigenvalue weighted by molar-refractivity contribution is -0.199. The SMILES string of the molecule is CC[C@H](C)[C@@H]([C@@H](CC(=O)N1CCC[C@H]1[C@H](OC)[C@@H](C)C(=O)N[C@H](C)[C@@H](O)c1ccccc1)OC)N(C)C(=O)[C@@H](NC(=O)[C@H](C(C)C)N(C)C(=O)OCc1ccc(OC(=O)NC(CN(C)C(=O)OC2/C=C/COCOC2)C(=O)ON2C(=O)CCC2=O)cc1)C(C)C. The van der Waals surface area contributed by atoms with E-state index in [1.807, 2.05) is 32.0 Å². The summed E-state index contributed by atoms with van der Waals surface area (Å²) in [5.41, 5.74) is 1.10. The fourth-order valence-electron chi connectivity index (χ4n) is 11.1. The monoisotopic (exact) mass is 1260 g/mol. The molecule has 9 amide bonds. The zero-order chi connectivity index (χ0) is 66.5. The molecule has 0 saturated carbocycles. The van der Waals surface area contributed by atoms with Crippen molar-refractivity contribution < 1.29 is 91.0 Å². The Morgan fingerprint density at radius 2 is 1.46 bits per heavy atom. The van der Waals surface area contributed by atoms with Gasteiger partial charge in [-0.25, -0.2) is 19.2 Å². The summed E-state index contributed by atoms with van der Waals surface area (Å²) in [7, 11) is 7.30. The second-order valence-electron chi connectivity index (χ2n) is 23.6. The molecule has 12 atom stereocenters. The lowest BCUT2D eigenvalue weighted by Crippen LogP contribution is -2.60. The van der Waals surface area contributed by atoms with Gasteiger partial charge in [0.2, 0.25) is 23.6 Å². The van der Waals surface area contributed by atoms with Gasteiger partial charge < -0.3 is 73.8 Å². The van der Waals surface area contributed by atoms with Crippen molar-refractivity contribution in [2.24, 2.45) is 23.7 Å². The highest BCUT2D eigenvalue weighted by Gasteiger charge is 2.44. The van der Waals surface area contributed by atoms with E-state index in [1.165, 1.54) is 57.5 Å². The van der Waals surface area contributed by atoms with Crippen molar-refractivity contribution in [3.05, 3.63) is 77.9 Å². The minimum Gasteiger partial charge on any atom is -0.445 e. The molecule has 27 nitrogen and oxygen atoms in total. The molecule has 27 heteroatoms. The molecule has 3 aliphatic heterocycles. The van der Waals surface area contributed by atoms with Gasteiger partial charge in [0.05, 0.1) is 68.5 Å². The largest absolute Gasteiger partial charge is 0.445 e. The smallest absolute Gasteiger partial charge is 0.413 e. The average molecular weight is 1270 g/mol. The first-order valence-electron chi connectivity index (χ1n) is 30.5. The molecule has 0 aromatic heterocycles. The van der Waals surface area contributed by atoms with Crippen molar-refractivity contribution in [2.75, 3.05) is 68.5 Å². The van der Waals surface area contributed by atoms with Crippen molar-refractivity contribution in [1.82, 2.24) is 40.6 Å². The van der Waals surface area contributed by atoms with Gasteiger partial charge in [-0.3, -0.25) is 33.7 Å². The van der Waals surface area contributed by atoms with Crippen LogP contribution >= 0.6 is 0 Å². The number of carbonyl (C=O) groups excluding carboxylic acids is 10. The molecule has 498 valence electrons. The van der Waals surface area contributed by atoms with Crippen LogP contribution in [0.1, 0.15) is 111 Å². The maximum absolute atomic E-state index is 14.8. The number of nitrogens with zero attached hydrogens (tertiary/aromatic N) is 5. The Labute approximate surface area is 526 Å². The summed E-state index contributed by atoms with van der Waals surface area (Å²) in [5, 5.41) is 19.4. The number of rotatable bonds is 29. The van der Waals surface area contributed by atoms with Crippen LogP contribution in [0.4, 0.5) is 14.4 Å². The quantitative estimate of drug-likeness (QED) is 0.0637. The van der Waals surface area contributed by atoms with Gasteiger partial charge in [0.1, 0.15) is 43.4 Å². The highest BCUT2D eigenvalue weighted by molar-refractivity contribution is 6.02. The number of ether oxygens (including phenoxy) is 7. The average Bonchev–Trinajstić information content (AvgIpc) is 1.50. The van der Waals surface area contributed by atoms with E-state index in [4.69, 9.17) is 38.0 Å². The first-order chi connectivity index (χ1) is 42.7. The Balaban J connectivity index is 1.19. The molecular formula is C63H92N8O19. The van der Waals surface area contributed by atoms with Gasteiger partial charge in [0.15, 0.2) is 0 Å². The Kier molecular flexibility index (Phi) is 28.4. The van der Waals surface area contributed by atoms with Crippen molar-refractivity contribution in [1.29, 1.82) is 0 Å². The summed E-state index contributed by atoms with van der Waals surface area (Å²) < 4.78 is 39.0. The van der Waals surface area contributed by atoms with Crippen molar-refractivity contribution in [3.8, 4) is 5.75 Å². The van der Waals surface area contributed by atoms with Gasteiger partial charge in [0.25, 0.3) is 11.8 Å². The van der Waals surface area contributed by atoms with E-state index in [0.717, 1.165) is 9.80 Å². The van der Waals surface area contributed by atoms with E-state index in [2.05, 4.69) is 16.0 Å². The number of amides is 9. The van der Waals surface area contributed by atoms with Crippen molar-refractivity contribution in [2.45, 2.75) is 161 Å². The van der Waals surface area contributed by atoms with E-state index >= 15 is 0 Å². The third-order valence-corrected chi connectivity index (χ3v) is 16.4. The van der Waals surface area contributed by atoms with Crippen LogP contribution in [0.3, 0.4) is 0 Å². The first kappa shape index (κ1) is 73.0. The molecule has 2 aromatic carbocycles. The molecule has 4 N–H and O–H groups in total. The third-order valence-electron chi connectivity index (χ3n) is 16.4. The standard InChI is InChI=1S/C63H92N8O19/c1-14-39(6)54(48(83-12)32-51(74)70-30-18-23-47(70)56(84-13)40(7)57(76)64-41(8)55(75)43-20-16-15-17-21-43)68(10)59(78)52(37(2)3)66-58(77)53(38(4)5)69(11)63(82)87-34-42-24-26-44(27-25-42)88-61(80)65-46(60(79)90-71-49(72)28-29-50(71)73)33-67(9)62(81)89-45-22-19-31-85-36-86-35-45/h15-17,19-22,24-27,37-41,45-48,52-56,75H,14,18,23,28-36H2,1-13H3,(H,64,76)(H,65,80)(H,66,77)/b22-19+/t39-,40+,41+,45?,46?,47-,48+,52-,53-,54-,55+,56+/m0/s1. The van der Waals surface area contributed by atoms with Crippen LogP contribution in [0.15, 0.2) is 66.7 Å². The van der Waals surface area contributed by atoms with Gasteiger partial charge in [-0.15, -0.1) is 5.06 Å². The first-order valence-corrected chi connectivity index (χ1v) is 30.5. The molecule has 3 heterocycles. The molecule has 0 aliphatic carbocycles. The van der Waals surface area contributed by atoms with Crippen LogP contribution in [-0.2, 0) is 73.4 Å². The van der Waals surface area contributed by atoms with E-state index < -0.39 is 133 Å². The second-order valence-corrected chi connectivity index (χ2v) is 23.6. The molecular weight excluding hydrogens is 1170 g/mol. The van der Waals surface area contributed by atoms with Gasteiger partial charge in [-0.1, -0.05) is 103 Å². The molecule has 2 fully saturated rings. The molecule has 0 spiro atoms. The van der Waals surface area contributed by atoms with Crippen LogP contribution in [0.25, 0.3) is 0 Å². The Bertz CT molecular complexity index is 2770. The zero-order valence-corrected chi connectivity index (χ0v) is 54.0. The lowest BCUT2D eigenvalue weighted by atomic mass is 9.89. The Hall–Kier alpha value is -7.72. The van der Waals surface area contributed by atoms with Gasteiger partial charge in [0, 0.05) is 54.7 Å². The lowest BCUT2D eigenvalue weighted by Gasteiger charge is -2.41. The number of carbonyl (C=O) groups is 10. The number of hydrogen-bond acceptors (Lipinski definition) is 19. The van der Waals surface area contributed by atoms with Crippen molar-refractivity contribution >= 4 is 59.7 Å². The molecule has 2 aromatic rings. The number of likely N-dealkylation sites (N-methyl/N-ethyl adjacent to an activating group) is 3. The zero-order valence-electron chi connectivity index (χ0n) is 54.0. The van der Waals surface area contributed by atoms with Crippen LogP contribution in [0.2, 0.25) is 0 Å². The van der Waals surface area contributed by atoms with Crippen LogP contribution < -0.4 is 20.7 Å². The minimum atomic E-state index is -1.68. The van der Waals surface area contributed by atoms with Gasteiger partial charge in [-0.2, -0.15) is 0 Å². The fraction of sp³-hybridized carbons (Fsp3) is 0.619. The third kappa shape index (κ3) is 20.1. The highest BCUT2D eigenvalue weighted by Crippen LogP contribution is 2.31. The molecule has 2 unspecified atom stereocenters. The van der Waals surface area contributed by atoms with E-state index in [-0.39, 0.29) is 69.4 Å². The normalized spacial score (nSPS) is 19.7. The summed E-state index contributed by atoms with van der Waals surface area (Å²) in [6.45, 7) is 14.2. The highest BCUT2D eigenvalue weighted by atomic mass is 16.7. The maximum Gasteiger partial charge on any atom is 0.413 e. The summed E-state index contributed by atoms with van der Waals surface area (Å²) in [6.07, 6.45) is -1.58. The molecule has 0 bridgehead atoms. The fourth-order valence-corrected chi connectivity index (χ4v) is 11.1. The number of aliphatic hydroxyl groups is 1. The van der Waals surface area contributed by atoms with E-state index in [1.54, 1.807) is 77.8 Å². The topological polar surface area (TPSA) is 317 Å². The molecule has 5 rings (SSSR count). The number of likely N-dealkylation sites (tertiary alicyclic amines) is 1. The number of hydroxylamine groups is 2. The number of benzene rings is 2. The Morgan fingerprint density at radius 1 is 0.789 bits per heavy atom. The summed E-state index contributed by atoms with van der Waals surface area (Å²) >= 11 is 0. The van der Waals surface area contributed by atoms with Crippen LogP contribution in [0.5, 0.6) is 5.75 Å².